The number of anilines is 1. The maximum Gasteiger partial charge on any atom is 0.256 e. The lowest BCUT2D eigenvalue weighted by atomic mass is 10.0. The molecule has 2 aliphatic heterocycles. The summed E-state index contributed by atoms with van der Waals surface area (Å²) in [6.45, 7) is 0.270. The number of aliphatic carboxylic acids is 1. The number of carbonyl (C=O) groups excluding carboxylic acids is 4. The fourth-order valence-electron chi connectivity index (χ4n) is 4.26. The van der Waals surface area contributed by atoms with E-state index in [1.54, 1.807) is 36.4 Å². The standard InChI is InChI=1S/C23H22ClN3O6/c1-33-18-5-3-13(24)11-14(18)12-2-4-16-15(10-12)23(32)27-9-8-17(21(27)22(31)26-16)25-19(28)6-7-20(29)30/h2-5,10-11,17,21H,6-9H2,1H3,(H,25,28)(H,26,31)(H,29,30)/p-1/t17-,21-/m0/s1. The largest absolute Gasteiger partial charge is 0.550 e. The van der Waals surface area contributed by atoms with Gasteiger partial charge in [0.2, 0.25) is 11.8 Å². The Labute approximate surface area is 194 Å². The Morgan fingerprint density at radius 2 is 1.97 bits per heavy atom. The van der Waals surface area contributed by atoms with Crippen molar-refractivity contribution >= 4 is 41.0 Å². The number of methoxy groups -OCH3 is 1. The molecule has 0 unspecified atom stereocenters. The van der Waals surface area contributed by atoms with Crippen LogP contribution in [-0.2, 0) is 14.4 Å². The van der Waals surface area contributed by atoms with E-state index in [1.807, 2.05) is 0 Å². The summed E-state index contributed by atoms with van der Waals surface area (Å²) in [5.74, 6) is -2.02. The first kappa shape index (κ1) is 22.6. The predicted octanol–water partition coefficient (Wildman–Crippen LogP) is 1.20. The number of benzene rings is 2. The first-order chi connectivity index (χ1) is 15.8. The third-order valence-electron chi connectivity index (χ3n) is 5.81. The molecule has 0 saturated carbocycles. The molecule has 2 aromatic carbocycles. The van der Waals surface area contributed by atoms with Gasteiger partial charge in [-0.05, 0) is 48.7 Å². The van der Waals surface area contributed by atoms with Gasteiger partial charge in [0.25, 0.3) is 5.91 Å². The highest BCUT2D eigenvalue weighted by atomic mass is 35.5. The third-order valence-corrected chi connectivity index (χ3v) is 6.05. The number of halogens is 1. The van der Waals surface area contributed by atoms with Crippen LogP contribution in [0.25, 0.3) is 11.1 Å². The molecule has 10 heteroatoms. The molecule has 4 rings (SSSR count). The zero-order chi connectivity index (χ0) is 23.7. The van der Waals surface area contributed by atoms with E-state index in [2.05, 4.69) is 10.6 Å². The van der Waals surface area contributed by atoms with Crippen molar-refractivity contribution in [1.82, 2.24) is 10.2 Å². The minimum absolute atomic E-state index is 0.258. The van der Waals surface area contributed by atoms with Crippen LogP contribution in [0.4, 0.5) is 5.69 Å². The Morgan fingerprint density at radius 1 is 1.18 bits per heavy atom. The third kappa shape index (κ3) is 4.49. The van der Waals surface area contributed by atoms with Crippen molar-refractivity contribution in [3.05, 3.63) is 47.0 Å². The highest BCUT2D eigenvalue weighted by molar-refractivity contribution is 6.31. The normalized spacial score (nSPS) is 19.3. The Hall–Kier alpha value is -3.59. The van der Waals surface area contributed by atoms with Gasteiger partial charge in [-0.1, -0.05) is 17.7 Å². The van der Waals surface area contributed by atoms with Gasteiger partial charge >= 0.3 is 0 Å². The number of carboxylic acids is 1. The molecule has 2 N–H and O–H groups in total. The number of amides is 3. The summed E-state index contributed by atoms with van der Waals surface area (Å²) in [5.41, 5.74) is 2.08. The molecular weight excluding hydrogens is 450 g/mol. The van der Waals surface area contributed by atoms with Gasteiger partial charge in [-0.2, -0.15) is 0 Å². The van der Waals surface area contributed by atoms with E-state index >= 15 is 0 Å². The van der Waals surface area contributed by atoms with Gasteiger partial charge in [-0.3, -0.25) is 14.4 Å². The van der Waals surface area contributed by atoms with Crippen LogP contribution in [0.15, 0.2) is 36.4 Å². The first-order valence-corrected chi connectivity index (χ1v) is 10.8. The van der Waals surface area contributed by atoms with Gasteiger partial charge in [0.15, 0.2) is 0 Å². The highest BCUT2D eigenvalue weighted by Crippen LogP contribution is 2.36. The van der Waals surface area contributed by atoms with Crippen LogP contribution in [0.5, 0.6) is 5.75 Å². The predicted molar refractivity (Wildman–Crippen MR) is 118 cm³/mol. The van der Waals surface area contributed by atoms with Crippen molar-refractivity contribution in [1.29, 1.82) is 0 Å². The van der Waals surface area contributed by atoms with Gasteiger partial charge in [0.1, 0.15) is 11.8 Å². The van der Waals surface area contributed by atoms with Gasteiger partial charge in [-0.25, -0.2) is 0 Å². The molecule has 1 fully saturated rings. The minimum Gasteiger partial charge on any atom is -0.550 e. The Morgan fingerprint density at radius 3 is 2.70 bits per heavy atom. The molecule has 0 bridgehead atoms. The molecule has 33 heavy (non-hydrogen) atoms. The van der Waals surface area contributed by atoms with E-state index < -0.39 is 36.3 Å². The van der Waals surface area contributed by atoms with E-state index in [1.165, 1.54) is 12.0 Å². The Balaban J connectivity index is 1.62. The van der Waals surface area contributed by atoms with E-state index in [4.69, 9.17) is 16.3 Å². The van der Waals surface area contributed by atoms with Crippen LogP contribution in [0.3, 0.4) is 0 Å². The van der Waals surface area contributed by atoms with Gasteiger partial charge < -0.3 is 30.2 Å². The molecule has 2 aliphatic rings. The minimum atomic E-state index is -1.33. The summed E-state index contributed by atoms with van der Waals surface area (Å²) in [7, 11) is 1.54. The molecule has 0 spiro atoms. The van der Waals surface area contributed by atoms with E-state index in [9.17, 15) is 24.3 Å². The molecule has 0 radical (unpaired) electrons. The average Bonchev–Trinajstić information content (AvgIpc) is 3.16. The van der Waals surface area contributed by atoms with Crippen LogP contribution in [0, 0.1) is 0 Å². The van der Waals surface area contributed by atoms with E-state index in [0.717, 1.165) is 0 Å². The second kappa shape index (κ2) is 9.11. The van der Waals surface area contributed by atoms with Crippen molar-refractivity contribution in [2.45, 2.75) is 31.3 Å². The van der Waals surface area contributed by atoms with Gasteiger partial charge in [-0.15, -0.1) is 0 Å². The molecule has 2 atom stereocenters. The fraction of sp³-hybridized carbons (Fsp3) is 0.304. The van der Waals surface area contributed by atoms with Gasteiger partial charge in [0, 0.05) is 29.5 Å². The fourth-order valence-corrected chi connectivity index (χ4v) is 4.43. The second-order valence-electron chi connectivity index (χ2n) is 7.87. The number of hydrogen-bond donors (Lipinski definition) is 2. The smallest absolute Gasteiger partial charge is 0.256 e. The lowest BCUT2D eigenvalue weighted by Gasteiger charge is -2.25. The van der Waals surface area contributed by atoms with Crippen LogP contribution in [0.2, 0.25) is 5.02 Å². The zero-order valence-electron chi connectivity index (χ0n) is 17.7. The van der Waals surface area contributed by atoms with E-state index in [-0.39, 0.29) is 18.9 Å². The maximum atomic E-state index is 13.4. The topological polar surface area (TPSA) is 128 Å². The number of carboxylic acid groups (broad SMARTS) is 1. The average molecular weight is 471 g/mol. The maximum absolute atomic E-state index is 13.4. The number of fused-ring (bicyclic) bond motifs is 2. The first-order valence-electron chi connectivity index (χ1n) is 10.4. The summed E-state index contributed by atoms with van der Waals surface area (Å²) >= 11 is 6.15. The van der Waals surface area contributed by atoms with Crippen molar-refractivity contribution in [2.24, 2.45) is 0 Å². The van der Waals surface area contributed by atoms with Crippen LogP contribution < -0.4 is 20.5 Å². The van der Waals surface area contributed by atoms with Crippen molar-refractivity contribution in [3.8, 4) is 16.9 Å². The highest BCUT2D eigenvalue weighted by Gasteiger charge is 2.45. The number of hydrogen-bond acceptors (Lipinski definition) is 6. The Kier molecular flexibility index (Phi) is 6.24. The lowest BCUT2D eigenvalue weighted by molar-refractivity contribution is -0.305. The summed E-state index contributed by atoms with van der Waals surface area (Å²) < 4.78 is 5.42. The SMILES string of the molecule is COc1ccc(Cl)cc1-c1ccc2c(c1)C(=O)N1CC[C@H](NC(=O)CCC(=O)[O-])[C@H]1C(=O)N2. The molecule has 3 amide bonds. The molecule has 2 aromatic rings. The van der Waals surface area contributed by atoms with Crippen molar-refractivity contribution < 1.29 is 29.0 Å². The van der Waals surface area contributed by atoms with Crippen molar-refractivity contribution in [2.75, 3.05) is 19.0 Å². The van der Waals surface area contributed by atoms with Crippen LogP contribution >= 0.6 is 11.6 Å². The zero-order valence-corrected chi connectivity index (χ0v) is 18.5. The van der Waals surface area contributed by atoms with Gasteiger partial charge in [0.05, 0.1) is 24.4 Å². The monoisotopic (exact) mass is 470 g/mol. The molecule has 0 aromatic heterocycles. The van der Waals surface area contributed by atoms with Crippen molar-refractivity contribution in [3.63, 3.8) is 0 Å². The van der Waals surface area contributed by atoms with Crippen LogP contribution in [-0.4, -0.2) is 54.3 Å². The molecule has 1 saturated heterocycles. The number of nitrogens with one attached hydrogen (secondary N) is 2. The summed E-state index contributed by atoms with van der Waals surface area (Å²) in [6, 6.07) is 8.74. The second-order valence-corrected chi connectivity index (χ2v) is 8.31. The summed E-state index contributed by atoms with van der Waals surface area (Å²) in [6.07, 6.45) is -0.302. The summed E-state index contributed by atoms with van der Waals surface area (Å²) in [5, 5.41) is 16.6. The molecule has 172 valence electrons. The lowest BCUT2D eigenvalue weighted by Crippen LogP contribution is -2.51. The molecule has 0 aliphatic carbocycles. The number of carbonyl (C=O) groups is 4. The Bertz CT molecular complexity index is 1150. The summed E-state index contributed by atoms with van der Waals surface area (Å²) in [4.78, 5) is 50.5. The number of rotatable bonds is 6. The molecule has 2 heterocycles. The quantitative estimate of drug-likeness (QED) is 0.652. The number of ether oxygens (including phenoxy) is 1. The molecule has 9 nitrogen and oxygen atoms in total. The van der Waals surface area contributed by atoms with Crippen LogP contribution in [0.1, 0.15) is 29.6 Å². The molecular formula is C23H21ClN3O6-. The number of nitrogens with zero attached hydrogens (tertiary/aromatic N) is 1. The van der Waals surface area contributed by atoms with E-state index in [0.29, 0.717) is 39.6 Å².